The average Bonchev–Trinajstić information content (AvgIpc) is 2.70. The van der Waals surface area contributed by atoms with E-state index in [-0.39, 0.29) is 12.6 Å². The van der Waals surface area contributed by atoms with E-state index in [1.807, 2.05) is 30.3 Å². The molecule has 0 unspecified atom stereocenters. The molecule has 0 amide bonds. The Morgan fingerprint density at radius 1 is 1.35 bits per heavy atom. The lowest BCUT2D eigenvalue weighted by molar-refractivity contribution is -0.136. The zero-order valence-corrected chi connectivity index (χ0v) is 9.73. The van der Waals surface area contributed by atoms with Gasteiger partial charge >= 0.3 is 5.97 Å². The van der Waals surface area contributed by atoms with Crippen LogP contribution in [0.5, 0.6) is 0 Å². The predicted molar refractivity (Wildman–Crippen MR) is 63.1 cm³/mol. The van der Waals surface area contributed by atoms with Gasteiger partial charge in [-0.15, -0.1) is 0 Å². The Labute approximate surface area is 100 Å². The van der Waals surface area contributed by atoms with Gasteiger partial charge in [-0.2, -0.15) is 0 Å². The molecule has 4 heteroatoms. The van der Waals surface area contributed by atoms with E-state index in [1.165, 1.54) is 0 Å². The molecule has 0 saturated carbocycles. The second kappa shape index (κ2) is 5.50. The molecule has 1 aromatic rings. The van der Waals surface area contributed by atoms with Gasteiger partial charge in [-0.05, 0) is 5.56 Å². The molecule has 1 N–H and O–H groups in total. The summed E-state index contributed by atoms with van der Waals surface area (Å²) < 4.78 is 9.94. The number of hydrogen-bond acceptors (Lipinski definition) is 4. The second-order valence-electron chi connectivity index (χ2n) is 3.81. The van der Waals surface area contributed by atoms with Crippen molar-refractivity contribution in [1.82, 2.24) is 5.32 Å². The Morgan fingerprint density at radius 3 is 2.82 bits per heavy atom. The van der Waals surface area contributed by atoms with Gasteiger partial charge in [-0.3, -0.25) is 0 Å². The van der Waals surface area contributed by atoms with E-state index >= 15 is 0 Å². The standard InChI is InChI=1S/C13H15NO3/c1-16-8-11-12(9-17-13(11)15)14-7-10-5-3-2-4-6-10/h2-6,14H,7-9H2,1H3. The van der Waals surface area contributed by atoms with Gasteiger partial charge in [0.15, 0.2) is 0 Å². The van der Waals surface area contributed by atoms with Crippen molar-refractivity contribution in [1.29, 1.82) is 0 Å². The van der Waals surface area contributed by atoms with Crippen LogP contribution in [0.1, 0.15) is 5.56 Å². The van der Waals surface area contributed by atoms with Gasteiger partial charge in [0, 0.05) is 13.7 Å². The van der Waals surface area contributed by atoms with Crippen LogP contribution >= 0.6 is 0 Å². The van der Waals surface area contributed by atoms with E-state index in [4.69, 9.17) is 9.47 Å². The fourth-order valence-electron chi connectivity index (χ4n) is 1.69. The van der Waals surface area contributed by atoms with Crippen LogP contribution in [0.15, 0.2) is 41.6 Å². The first-order valence-electron chi connectivity index (χ1n) is 5.47. The number of benzene rings is 1. The number of carbonyl (C=O) groups is 1. The van der Waals surface area contributed by atoms with E-state index in [0.29, 0.717) is 18.7 Å². The van der Waals surface area contributed by atoms with Gasteiger partial charge < -0.3 is 14.8 Å². The molecule has 2 rings (SSSR count). The van der Waals surface area contributed by atoms with Crippen molar-refractivity contribution in [3.05, 3.63) is 47.2 Å². The van der Waals surface area contributed by atoms with Crippen molar-refractivity contribution < 1.29 is 14.3 Å². The van der Waals surface area contributed by atoms with Crippen molar-refractivity contribution in [2.75, 3.05) is 20.3 Å². The normalized spacial score (nSPS) is 15.0. The monoisotopic (exact) mass is 233 g/mol. The lowest BCUT2D eigenvalue weighted by atomic mass is 10.2. The van der Waals surface area contributed by atoms with Crippen LogP contribution in [-0.4, -0.2) is 26.3 Å². The minimum atomic E-state index is -0.289. The van der Waals surface area contributed by atoms with Crippen LogP contribution in [-0.2, 0) is 20.8 Å². The van der Waals surface area contributed by atoms with Crippen molar-refractivity contribution in [2.45, 2.75) is 6.54 Å². The maximum atomic E-state index is 11.4. The summed E-state index contributed by atoms with van der Waals surface area (Å²) in [5, 5.41) is 3.22. The SMILES string of the molecule is COCC1=C(NCc2ccccc2)COC1=O. The largest absolute Gasteiger partial charge is 0.456 e. The minimum Gasteiger partial charge on any atom is -0.456 e. The zero-order chi connectivity index (χ0) is 12.1. The van der Waals surface area contributed by atoms with Gasteiger partial charge in [0.2, 0.25) is 0 Å². The van der Waals surface area contributed by atoms with Crippen LogP contribution in [0.25, 0.3) is 0 Å². The van der Waals surface area contributed by atoms with Crippen molar-refractivity contribution in [3.8, 4) is 0 Å². The Hall–Kier alpha value is -1.81. The summed E-state index contributed by atoms with van der Waals surface area (Å²) in [4.78, 5) is 11.4. The van der Waals surface area contributed by atoms with Gasteiger partial charge in [-0.1, -0.05) is 30.3 Å². The number of esters is 1. The summed E-state index contributed by atoms with van der Waals surface area (Å²) in [5.41, 5.74) is 2.57. The van der Waals surface area contributed by atoms with E-state index in [2.05, 4.69) is 5.32 Å². The number of ether oxygens (including phenoxy) is 2. The zero-order valence-electron chi connectivity index (χ0n) is 9.73. The highest BCUT2D eigenvalue weighted by atomic mass is 16.5. The third kappa shape index (κ3) is 2.85. The molecule has 1 heterocycles. The molecule has 0 radical (unpaired) electrons. The van der Waals surface area contributed by atoms with E-state index in [9.17, 15) is 4.79 Å². The highest BCUT2D eigenvalue weighted by molar-refractivity contribution is 5.91. The molecular weight excluding hydrogens is 218 g/mol. The summed E-state index contributed by atoms with van der Waals surface area (Å²) >= 11 is 0. The fourth-order valence-corrected chi connectivity index (χ4v) is 1.69. The molecule has 90 valence electrons. The first kappa shape index (κ1) is 11.7. The maximum absolute atomic E-state index is 11.4. The Kier molecular flexibility index (Phi) is 3.77. The van der Waals surface area contributed by atoms with Crippen molar-refractivity contribution in [3.63, 3.8) is 0 Å². The lowest BCUT2D eigenvalue weighted by Gasteiger charge is -2.07. The summed E-state index contributed by atoms with van der Waals surface area (Å²) in [6, 6.07) is 10.00. The third-order valence-electron chi connectivity index (χ3n) is 2.60. The molecule has 1 aliphatic heterocycles. The molecule has 0 aliphatic carbocycles. The fraction of sp³-hybridized carbons (Fsp3) is 0.308. The Morgan fingerprint density at radius 2 is 2.12 bits per heavy atom. The number of cyclic esters (lactones) is 1. The molecule has 1 aliphatic rings. The highest BCUT2D eigenvalue weighted by Gasteiger charge is 2.24. The third-order valence-corrected chi connectivity index (χ3v) is 2.60. The second-order valence-corrected chi connectivity index (χ2v) is 3.81. The van der Waals surface area contributed by atoms with Crippen LogP contribution < -0.4 is 5.32 Å². The molecule has 1 aromatic carbocycles. The van der Waals surface area contributed by atoms with Crippen LogP contribution in [0, 0.1) is 0 Å². The number of carbonyl (C=O) groups excluding carboxylic acids is 1. The van der Waals surface area contributed by atoms with E-state index in [1.54, 1.807) is 7.11 Å². The minimum absolute atomic E-state index is 0.288. The number of rotatable bonds is 5. The molecule has 0 spiro atoms. The topological polar surface area (TPSA) is 47.6 Å². The van der Waals surface area contributed by atoms with E-state index in [0.717, 1.165) is 11.3 Å². The molecule has 4 nitrogen and oxygen atoms in total. The first-order chi connectivity index (χ1) is 8.31. The average molecular weight is 233 g/mol. The predicted octanol–water partition coefficient (Wildman–Crippen LogP) is 1.23. The molecule has 17 heavy (non-hydrogen) atoms. The van der Waals surface area contributed by atoms with Crippen LogP contribution in [0.4, 0.5) is 0 Å². The summed E-state index contributed by atoms with van der Waals surface area (Å²) in [6.07, 6.45) is 0. The van der Waals surface area contributed by atoms with Gasteiger partial charge in [-0.25, -0.2) is 4.79 Å². The van der Waals surface area contributed by atoms with Crippen LogP contribution in [0.3, 0.4) is 0 Å². The summed E-state index contributed by atoms with van der Waals surface area (Å²) in [7, 11) is 1.56. The summed E-state index contributed by atoms with van der Waals surface area (Å²) in [5.74, 6) is -0.289. The van der Waals surface area contributed by atoms with Gasteiger partial charge in [0.05, 0.1) is 17.9 Å². The number of nitrogens with one attached hydrogen (secondary N) is 1. The Balaban J connectivity index is 2.00. The lowest BCUT2D eigenvalue weighted by Crippen LogP contribution is -2.16. The van der Waals surface area contributed by atoms with Gasteiger partial charge in [0.25, 0.3) is 0 Å². The molecule has 0 bridgehead atoms. The first-order valence-corrected chi connectivity index (χ1v) is 5.47. The van der Waals surface area contributed by atoms with Crippen molar-refractivity contribution in [2.24, 2.45) is 0 Å². The summed E-state index contributed by atoms with van der Waals surface area (Å²) in [6.45, 7) is 1.28. The molecule has 0 saturated heterocycles. The highest BCUT2D eigenvalue weighted by Crippen LogP contribution is 2.14. The van der Waals surface area contributed by atoms with Gasteiger partial charge in [0.1, 0.15) is 6.61 Å². The molecule has 0 fully saturated rings. The number of hydrogen-bond donors (Lipinski definition) is 1. The molecule has 0 aromatic heterocycles. The number of methoxy groups -OCH3 is 1. The molecular formula is C13H15NO3. The van der Waals surface area contributed by atoms with E-state index < -0.39 is 0 Å². The Bertz CT molecular complexity index is 426. The van der Waals surface area contributed by atoms with Crippen LogP contribution in [0.2, 0.25) is 0 Å². The smallest absolute Gasteiger partial charge is 0.338 e. The molecule has 0 atom stereocenters. The quantitative estimate of drug-likeness (QED) is 0.777. The van der Waals surface area contributed by atoms with Crippen molar-refractivity contribution >= 4 is 5.97 Å². The maximum Gasteiger partial charge on any atom is 0.338 e.